The van der Waals surface area contributed by atoms with E-state index in [0.717, 1.165) is 37.6 Å². The number of benzene rings is 1. The minimum atomic E-state index is -0.301. The molecule has 0 fully saturated rings. The van der Waals surface area contributed by atoms with E-state index in [2.05, 4.69) is 20.6 Å². The van der Waals surface area contributed by atoms with Gasteiger partial charge in [0.2, 0.25) is 0 Å². The fraction of sp³-hybridized carbons (Fsp3) is 0.400. The minimum Gasteiger partial charge on any atom is -0.488 e. The smallest absolute Gasteiger partial charge is 0.191 e. The molecule has 27 heavy (non-hydrogen) atoms. The first kappa shape index (κ1) is 23.1. The van der Waals surface area contributed by atoms with Crippen molar-refractivity contribution in [1.29, 1.82) is 0 Å². The lowest BCUT2D eigenvalue weighted by Crippen LogP contribution is -2.39. The molecule has 1 unspecified atom stereocenters. The van der Waals surface area contributed by atoms with Gasteiger partial charge in [-0.25, -0.2) is 9.38 Å². The van der Waals surface area contributed by atoms with E-state index < -0.39 is 0 Å². The molecule has 0 aliphatic heterocycles. The number of hydrogen-bond acceptors (Lipinski definition) is 3. The number of guanidine groups is 1. The van der Waals surface area contributed by atoms with E-state index in [4.69, 9.17) is 4.74 Å². The monoisotopic (exact) mass is 486 g/mol. The fourth-order valence-corrected chi connectivity index (χ4v) is 2.37. The maximum Gasteiger partial charge on any atom is 0.191 e. The van der Waals surface area contributed by atoms with Crippen molar-refractivity contribution in [3.05, 3.63) is 60.2 Å². The zero-order valence-electron chi connectivity index (χ0n) is 15.8. The zero-order chi connectivity index (χ0) is 18.6. The summed E-state index contributed by atoms with van der Waals surface area (Å²) < 4.78 is 19.1. The van der Waals surface area contributed by atoms with E-state index in [1.165, 1.54) is 12.1 Å². The number of rotatable bonds is 9. The van der Waals surface area contributed by atoms with Gasteiger partial charge in [0.15, 0.2) is 5.96 Å². The van der Waals surface area contributed by atoms with Gasteiger partial charge in [-0.05, 0) is 37.6 Å². The molecule has 148 valence electrons. The maximum absolute atomic E-state index is 13.3. The average molecular weight is 486 g/mol. The van der Waals surface area contributed by atoms with Gasteiger partial charge in [0.05, 0.1) is 6.54 Å². The predicted octanol–water partition coefficient (Wildman–Crippen LogP) is 3.79. The average Bonchev–Trinajstić information content (AvgIpc) is 2.66. The van der Waals surface area contributed by atoms with E-state index in [-0.39, 0.29) is 35.9 Å². The van der Waals surface area contributed by atoms with Gasteiger partial charge in [-0.15, -0.1) is 24.0 Å². The van der Waals surface area contributed by atoms with Gasteiger partial charge in [-0.3, -0.25) is 4.98 Å². The molecule has 1 aromatic heterocycles. The Kier molecular flexibility index (Phi) is 11.4. The Bertz CT molecular complexity index is 685. The summed E-state index contributed by atoms with van der Waals surface area (Å²) in [4.78, 5) is 8.90. The van der Waals surface area contributed by atoms with Crippen LogP contribution in [0.1, 0.15) is 26.0 Å². The molecule has 2 N–H and O–H groups in total. The van der Waals surface area contributed by atoms with Crippen LogP contribution in [0.4, 0.5) is 4.39 Å². The first-order valence-corrected chi connectivity index (χ1v) is 9.05. The van der Waals surface area contributed by atoms with Crippen molar-refractivity contribution in [2.24, 2.45) is 4.99 Å². The van der Waals surface area contributed by atoms with E-state index in [1.807, 2.05) is 32.0 Å². The third kappa shape index (κ3) is 9.03. The van der Waals surface area contributed by atoms with Crippen molar-refractivity contribution in [2.45, 2.75) is 32.8 Å². The molecule has 2 rings (SSSR count). The number of nitrogens with zero attached hydrogens (tertiary/aromatic N) is 2. The van der Waals surface area contributed by atoms with Crippen LogP contribution < -0.4 is 15.4 Å². The van der Waals surface area contributed by atoms with Gasteiger partial charge in [0, 0.05) is 37.5 Å². The molecule has 0 spiro atoms. The highest BCUT2D eigenvalue weighted by Crippen LogP contribution is 2.15. The third-order valence-corrected chi connectivity index (χ3v) is 3.75. The summed E-state index contributed by atoms with van der Waals surface area (Å²) in [5, 5.41) is 6.53. The van der Waals surface area contributed by atoms with Crippen molar-refractivity contribution in [3.63, 3.8) is 0 Å². The van der Waals surface area contributed by atoms with Crippen molar-refractivity contribution < 1.29 is 9.13 Å². The van der Waals surface area contributed by atoms with Crippen LogP contribution in [-0.2, 0) is 6.42 Å². The second-order valence-electron chi connectivity index (χ2n) is 5.82. The van der Waals surface area contributed by atoms with Crippen molar-refractivity contribution in [1.82, 2.24) is 15.6 Å². The Balaban J connectivity index is 0.00000364. The molecule has 0 aliphatic carbocycles. The first-order valence-electron chi connectivity index (χ1n) is 9.05. The lowest BCUT2D eigenvalue weighted by Gasteiger charge is -2.17. The van der Waals surface area contributed by atoms with Crippen LogP contribution in [0.2, 0.25) is 0 Å². The summed E-state index contributed by atoms with van der Waals surface area (Å²) in [5.41, 5.74) is 1.04. The summed E-state index contributed by atoms with van der Waals surface area (Å²) >= 11 is 0. The van der Waals surface area contributed by atoms with E-state index in [0.29, 0.717) is 12.3 Å². The number of ether oxygens (including phenoxy) is 1. The molecule has 1 heterocycles. The van der Waals surface area contributed by atoms with Crippen LogP contribution in [0, 0.1) is 5.82 Å². The Hall–Kier alpha value is -1.90. The first-order chi connectivity index (χ1) is 12.7. The summed E-state index contributed by atoms with van der Waals surface area (Å²) in [5.74, 6) is 0.968. The minimum absolute atomic E-state index is 0. The van der Waals surface area contributed by atoms with E-state index >= 15 is 0 Å². The molecule has 0 aliphatic rings. The molecular weight excluding hydrogens is 458 g/mol. The van der Waals surface area contributed by atoms with Crippen LogP contribution in [0.25, 0.3) is 0 Å². The second-order valence-corrected chi connectivity index (χ2v) is 5.82. The molecule has 0 bridgehead atoms. The number of aromatic nitrogens is 1. The lowest BCUT2D eigenvalue weighted by molar-refractivity contribution is 0.205. The molecule has 0 amide bonds. The number of pyridine rings is 1. The summed E-state index contributed by atoms with van der Waals surface area (Å²) in [6, 6.07) is 12.1. The number of aliphatic imine (C=N–C) groups is 1. The molecule has 1 aromatic carbocycles. The van der Waals surface area contributed by atoms with Crippen LogP contribution in [0.3, 0.4) is 0 Å². The van der Waals surface area contributed by atoms with Gasteiger partial charge >= 0.3 is 0 Å². The van der Waals surface area contributed by atoms with Crippen molar-refractivity contribution >= 4 is 29.9 Å². The number of hydrogen-bond donors (Lipinski definition) is 2. The molecule has 7 heteroatoms. The van der Waals surface area contributed by atoms with Gasteiger partial charge in [0.25, 0.3) is 0 Å². The topological polar surface area (TPSA) is 58.5 Å². The van der Waals surface area contributed by atoms with Crippen molar-refractivity contribution in [3.8, 4) is 5.75 Å². The summed E-state index contributed by atoms with van der Waals surface area (Å²) in [7, 11) is 0. The second kappa shape index (κ2) is 13.3. The zero-order valence-corrected chi connectivity index (χ0v) is 18.2. The Labute approximate surface area is 177 Å². The normalized spacial score (nSPS) is 12.0. The van der Waals surface area contributed by atoms with Gasteiger partial charge in [-0.1, -0.05) is 19.1 Å². The standard InChI is InChI=1S/C20H27FN4O.HI/c1-3-18(26-19-10-7-8-16(21)14-19)15-25-20(22-4-2)24-13-11-17-9-5-6-12-23-17;/h5-10,12,14,18H,3-4,11,13,15H2,1-2H3,(H2,22,24,25);1H. The third-order valence-electron chi connectivity index (χ3n) is 3.75. The molecule has 5 nitrogen and oxygen atoms in total. The maximum atomic E-state index is 13.3. The Morgan fingerprint density at radius 1 is 1.19 bits per heavy atom. The predicted molar refractivity (Wildman–Crippen MR) is 118 cm³/mol. The fourth-order valence-electron chi connectivity index (χ4n) is 2.37. The largest absolute Gasteiger partial charge is 0.488 e. The van der Waals surface area contributed by atoms with Crippen LogP contribution in [0.15, 0.2) is 53.7 Å². The van der Waals surface area contributed by atoms with Crippen LogP contribution in [-0.4, -0.2) is 36.7 Å². The molecule has 0 radical (unpaired) electrons. The Morgan fingerprint density at radius 2 is 2.04 bits per heavy atom. The van der Waals surface area contributed by atoms with Crippen LogP contribution in [0.5, 0.6) is 5.75 Å². The van der Waals surface area contributed by atoms with E-state index in [1.54, 1.807) is 18.3 Å². The summed E-state index contributed by atoms with van der Waals surface area (Å²) in [6.45, 7) is 6.06. The highest BCUT2D eigenvalue weighted by Gasteiger charge is 2.09. The lowest BCUT2D eigenvalue weighted by atomic mass is 10.2. The number of halogens is 2. The molecule has 2 aromatic rings. The Morgan fingerprint density at radius 3 is 2.70 bits per heavy atom. The quantitative estimate of drug-likeness (QED) is 0.322. The van der Waals surface area contributed by atoms with Gasteiger partial charge < -0.3 is 15.4 Å². The molecule has 1 atom stereocenters. The molecule has 0 saturated heterocycles. The van der Waals surface area contributed by atoms with E-state index in [9.17, 15) is 4.39 Å². The highest BCUT2D eigenvalue weighted by atomic mass is 127. The highest BCUT2D eigenvalue weighted by molar-refractivity contribution is 14.0. The SMILES string of the molecule is CCNC(=NCC(CC)Oc1cccc(F)c1)NCCc1ccccn1.I. The van der Waals surface area contributed by atoms with Gasteiger partial charge in [0.1, 0.15) is 17.7 Å². The summed E-state index contributed by atoms with van der Waals surface area (Å²) in [6.07, 6.45) is 3.29. The number of nitrogens with one attached hydrogen (secondary N) is 2. The molecular formula is C20H28FIN4O. The van der Waals surface area contributed by atoms with Crippen molar-refractivity contribution in [2.75, 3.05) is 19.6 Å². The molecule has 0 saturated carbocycles. The van der Waals surface area contributed by atoms with Crippen LogP contribution >= 0.6 is 24.0 Å². The van der Waals surface area contributed by atoms with Gasteiger partial charge in [-0.2, -0.15) is 0 Å².